The molecule has 0 aromatic heterocycles. The molecule has 2 fully saturated rings. The minimum atomic E-state index is -1.29. The van der Waals surface area contributed by atoms with Crippen molar-refractivity contribution in [3.63, 3.8) is 0 Å². The Morgan fingerprint density at radius 1 is 0.925 bits per heavy atom. The summed E-state index contributed by atoms with van der Waals surface area (Å²) in [5.41, 5.74) is 4.46. The van der Waals surface area contributed by atoms with Crippen molar-refractivity contribution in [1.82, 2.24) is 15.5 Å². The summed E-state index contributed by atoms with van der Waals surface area (Å²) in [6.45, 7) is 2.04. The first kappa shape index (κ1) is 26.1. The molecule has 0 spiro atoms. The van der Waals surface area contributed by atoms with Crippen molar-refractivity contribution in [3.8, 4) is 11.1 Å². The van der Waals surface area contributed by atoms with E-state index in [9.17, 15) is 19.5 Å². The van der Waals surface area contributed by atoms with Crippen LogP contribution in [0, 0.1) is 11.8 Å². The molecule has 3 aliphatic rings. The lowest BCUT2D eigenvalue weighted by Gasteiger charge is -2.26. The lowest BCUT2D eigenvalue weighted by atomic mass is 9.98. The highest BCUT2D eigenvalue weighted by molar-refractivity contribution is 5.90. The normalized spacial score (nSPS) is 23.2. The monoisotopic (exact) mass is 539 g/mol. The third-order valence-electron chi connectivity index (χ3n) is 8.48. The summed E-state index contributed by atoms with van der Waals surface area (Å²) >= 11 is 0. The van der Waals surface area contributed by atoms with Crippen molar-refractivity contribution in [2.24, 2.45) is 11.8 Å². The Labute approximate surface area is 233 Å². The third-order valence-corrected chi connectivity index (χ3v) is 8.48. The van der Waals surface area contributed by atoms with E-state index in [1.165, 1.54) is 11.1 Å². The first-order chi connectivity index (χ1) is 19.4. The molecule has 8 heteroatoms. The van der Waals surface area contributed by atoms with E-state index in [1.54, 1.807) is 0 Å². The number of amides is 2. The molecule has 3 N–H and O–H groups in total. The van der Waals surface area contributed by atoms with Crippen molar-refractivity contribution in [1.29, 1.82) is 0 Å². The summed E-state index contributed by atoms with van der Waals surface area (Å²) in [5.74, 6) is -1.63. The average molecular weight is 540 g/mol. The summed E-state index contributed by atoms with van der Waals surface area (Å²) in [6.07, 6.45) is 0.456. The van der Waals surface area contributed by atoms with Gasteiger partial charge in [0.1, 0.15) is 6.61 Å². The molecule has 6 rings (SSSR count). The van der Waals surface area contributed by atoms with Crippen molar-refractivity contribution >= 4 is 18.0 Å². The maximum Gasteiger partial charge on any atom is 0.407 e. The largest absolute Gasteiger partial charge is 0.479 e. The summed E-state index contributed by atoms with van der Waals surface area (Å²) in [5, 5.41) is 15.6. The molecular weight excluding hydrogens is 506 g/mol. The molecule has 2 aliphatic carbocycles. The Morgan fingerprint density at radius 2 is 1.57 bits per heavy atom. The predicted molar refractivity (Wildman–Crippen MR) is 150 cm³/mol. The minimum absolute atomic E-state index is 0.0160. The van der Waals surface area contributed by atoms with Crippen LogP contribution in [0.25, 0.3) is 11.1 Å². The number of rotatable bonds is 9. The van der Waals surface area contributed by atoms with Gasteiger partial charge in [-0.25, -0.2) is 9.59 Å². The zero-order valence-electron chi connectivity index (χ0n) is 22.2. The highest BCUT2D eigenvalue weighted by atomic mass is 16.5. The summed E-state index contributed by atoms with van der Waals surface area (Å²) in [6, 6.07) is 26.2. The van der Waals surface area contributed by atoms with Gasteiger partial charge in [0.05, 0.1) is 0 Å². The SMILES string of the molecule is O=C(NC[C@@H]1C[C@@H]1C(=O)NC1(C(=O)O)CCN(Cc2ccccc2)C1)OCC1c2ccccc2-c2ccccc21. The number of carbonyl (C=O) groups excluding carboxylic acids is 2. The van der Waals surface area contributed by atoms with Crippen LogP contribution in [0.5, 0.6) is 0 Å². The number of nitrogens with one attached hydrogen (secondary N) is 2. The second-order valence-electron chi connectivity index (χ2n) is 11.1. The molecule has 206 valence electrons. The molecule has 1 saturated heterocycles. The number of nitrogens with zero attached hydrogens (tertiary/aromatic N) is 1. The highest BCUT2D eigenvalue weighted by Crippen LogP contribution is 2.44. The van der Waals surface area contributed by atoms with E-state index in [1.807, 2.05) is 54.6 Å². The minimum Gasteiger partial charge on any atom is -0.479 e. The molecule has 0 radical (unpaired) electrons. The second-order valence-corrected chi connectivity index (χ2v) is 11.1. The maximum absolute atomic E-state index is 13.0. The lowest BCUT2D eigenvalue weighted by molar-refractivity contribution is -0.147. The first-order valence-electron chi connectivity index (χ1n) is 13.8. The molecule has 3 aromatic carbocycles. The number of carbonyl (C=O) groups is 3. The maximum atomic E-state index is 13.0. The predicted octanol–water partition coefficient (Wildman–Crippen LogP) is 4.01. The third kappa shape index (κ3) is 5.19. The van der Waals surface area contributed by atoms with Gasteiger partial charge in [-0.15, -0.1) is 0 Å². The van der Waals surface area contributed by atoms with Crippen LogP contribution < -0.4 is 10.6 Å². The van der Waals surface area contributed by atoms with Crippen molar-refractivity contribution in [2.75, 3.05) is 26.2 Å². The van der Waals surface area contributed by atoms with Crippen LogP contribution in [-0.4, -0.2) is 59.8 Å². The van der Waals surface area contributed by atoms with E-state index in [-0.39, 0.29) is 36.8 Å². The fourth-order valence-corrected chi connectivity index (χ4v) is 6.18. The first-order valence-corrected chi connectivity index (χ1v) is 13.8. The smallest absolute Gasteiger partial charge is 0.407 e. The van der Waals surface area contributed by atoms with Crippen LogP contribution in [0.4, 0.5) is 4.79 Å². The highest BCUT2D eigenvalue weighted by Gasteiger charge is 2.50. The zero-order chi connectivity index (χ0) is 27.7. The molecular formula is C32H33N3O5. The standard InChI is InChI=1S/C32H33N3O5/c36-29(34-32(30(37)38)14-15-35(20-32)18-21-8-2-1-3-9-21)27-16-22(27)17-33-31(39)40-19-28-25-12-6-4-10-23(25)24-11-5-7-13-26(24)28/h1-13,22,27-28H,14-20H2,(H,33,39)(H,34,36)(H,37,38)/t22-,27-,32?/m0/s1. The molecule has 3 atom stereocenters. The molecule has 1 saturated carbocycles. The van der Waals surface area contributed by atoms with Gasteiger partial charge >= 0.3 is 12.1 Å². The van der Waals surface area contributed by atoms with E-state index in [0.717, 1.165) is 16.7 Å². The number of fused-ring (bicyclic) bond motifs is 3. The Morgan fingerprint density at radius 3 is 2.25 bits per heavy atom. The summed E-state index contributed by atoms with van der Waals surface area (Å²) in [4.78, 5) is 39.8. The second kappa shape index (κ2) is 10.8. The van der Waals surface area contributed by atoms with Gasteiger partial charge in [0.2, 0.25) is 5.91 Å². The Balaban J connectivity index is 0.978. The molecule has 3 aromatic rings. The van der Waals surface area contributed by atoms with Gasteiger partial charge in [-0.2, -0.15) is 0 Å². The lowest BCUT2D eigenvalue weighted by Crippen LogP contribution is -2.56. The van der Waals surface area contributed by atoms with Crippen molar-refractivity contribution < 1.29 is 24.2 Å². The molecule has 1 unspecified atom stereocenters. The van der Waals surface area contributed by atoms with Crippen LogP contribution in [0.1, 0.15) is 35.4 Å². The van der Waals surface area contributed by atoms with Crippen LogP contribution in [0.3, 0.4) is 0 Å². The molecule has 40 heavy (non-hydrogen) atoms. The van der Waals surface area contributed by atoms with E-state index in [2.05, 4.69) is 39.8 Å². The van der Waals surface area contributed by atoms with E-state index in [0.29, 0.717) is 32.5 Å². The van der Waals surface area contributed by atoms with Gasteiger partial charge < -0.3 is 20.5 Å². The van der Waals surface area contributed by atoms with Crippen LogP contribution >= 0.6 is 0 Å². The Bertz CT molecular complexity index is 1380. The fourth-order valence-electron chi connectivity index (χ4n) is 6.18. The molecule has 1 heterocycles. The number of hydrogen-bond acceptors (Lipinski definition) is 5. The Kier molecular flexibility index (Phi) is 7.02. The van der Waals surface area contributed by atoms with Gasteiger partial charge in [0, 0.05) is 38.0 Å². The molecule has 2 amide bonds. The van der Waals surface area contributed by atoms with Crippen molar-refractivity contribution in [2.45, 2.75) is 30.8 Å². The van der Waals surface area contributed by atoms with Crippen LogP contribution in [-0.2, 0) is 20.9 Å². The van der Waals surface area contributed by atoms with Crippen molar-refractivity contribution in [3.05, 3.63) is 95.6 Å². The van der Waals surface area contributed by atoms with Gasteiger partial charge in [0.25, 0.3) is 0 Å². The number of benzene rings is 3. The average Bonchev–Trinajstić information content (AvgIpc) is 3.54. The molecule has 0 bridgehead atoms. The fraction of sp³-hybridized carbons (Fsp3) is 0.344. The number of likely N-dealkylation sites (tertiary alicyclic amines) is 1. The van der Waals surface area contributed by atoms with E-state index in [4.69, 9.17) is 4.74 Å². The zero-order valence-corrected chi connectivity index (χ0v) is 22.2. The van der Waals surface area contributed by atoms with Crippen LogP contribution in [0.15, 0.2) is 78.9 Å². The molecule has 1 aliphatic heterocycles. The number of carboxylic acid groups (broad SMARTS) is 1. The number of alkyl carbamates (subject to hydrolysis) is 1. The summed E-state index contributed by atoms with van der Waals surface area (Å²) in [7, 11) is 0. The van der Waals surface area contributed by atoms with Gasteiger partial charge in [-0.3, -0.25) is 9.69 Å². The Hall–Kier alpha value is -4.17. The van der Waals surface area contributed by atoms with Gasteiger partial charge in [-0.1, -0.05) is 78.9 Å². The quantitative estimate of drug-likeness (QED) is 0.379. The topological polar surface area (TPSA) is 108 Å². The van der Waals surface area contributed by atoms with Crippen LogP contribution in [0.2, 0.25) is 0 Å². The van der Waals surface area contributed by atoms with Gasteiger partial charge in [-0.05, 0) is 46.6 Å². The number of hydrogen-bond donors (Lipinski definition) is 3. The number of aliphatic carboxylic acids is 1. The van der Waals surface area contributed by atoms with E-state index < -0.39 is 17.6 Å². The number of carboxylic acids is 1. The number of ether oxygens (including phenoxy) is 1. The van der Waals surface area contributed by atoms with E-state index >= 15 is 0 Å². The molecule has 8 nitrogen and oxygen atoms in total. The summed E-state index contributed by atoms with van der Waals surface area (Å²) < 4.78 is 5.60. The van der Waals surface area contributed by atoms with Gasteiger partial charge in [0.15, 0.2) is 5.54 Å².